The summed E-state index contributed by atoms with van der Waals surface area (Å²) in [5.41, 5.74) is 0.195. The second-order valence-corrected chi connectivity index (χ2v) is 5.44. The molecular weight excluding hydrogens is 281 g/mol. The van der Waals surface area contributed by atoms with Gasteiger partial charge in [0.1, 0.15) is 10.9 Å². The minimum Gasteiger partial charge on any atom is -0.298 e. The summed E-state index contributed by atoms with van der Waals surface area (Å²) in [5, 5.41) is -0.342. The zero-order chi connectivity index (χ0) is 10.1. The maximum Gasteiger partial charge on any atom is 0.278 e. The number of carbonyl (C=O) groups excluding carboxylic acids is 1. The molecule has 1 aromatic rings. The maximum absolute atomic E-state index is 10.8. The Morgan fingerprint density at radius 2 is 2.08 bits per heavy atom. The van der Waals surface area contributed by atoms with E-state index in [-0.39, 0.29) is 15.2 Å². The van der Waals surface area contributed by atoms with Crippen LogP contribution in [0.5, 0.6) is 0 Å². The Bertz CT molecular complexity index is 445. The van der Waals surface area contributed by atoms with Crippen molar-refractivity contribution in [3.63, 3.8) is 0 Å². The number of pyridine rings is 1. The molecule has 0 unspecified atom stereocenters. The van der Waals surface area contributed by atoms with E-state index in [9.17, 15) is 13.2 Å². The van der Waals surface area contributed by atoms with Gasteiger partial charge in [0.15, 0.2) is 5.03 Å². The quantitative estimate of drug-likeness (QED) is 0.470. The first-order valence-electron chi connectivity index (χ1n) is 3.01. The van der Waals surface area contributed by atoms with Gasteiger partial charge in [-0.05, 0) is 28.1 Å². The summed E-state index contributed by atoms with van der Waals surface area (Å²) in [6, 6.07) is 2.48. The second-order valence-electron chi connectivity index (χ2n) is 2.12. The molecule has 1 aromatic heterocycles. The molecule has 70 valence electrons. The van der Waals surface area contributed by atoms with Crippen LogP contribution < -0.4 is 0 Å². The number of aldehydes is 1. The van der Waals surface area contributed by atoms with Crippen molar-refractivity contribution in [1.29, 1.82) is 0 Å². The van der Waals surface area contributed by atoms with Crippen molar-refractivity contribution in [2.24, 2.45) is 0 Å². The van der Waals surface area contributed by atoms with Crippen molar-refractivity contribution in [3.8, 4) is 0 Å². The fourth-order valence-corrected chi connectivity index (χ4v) is 1.98. The molecule has 4 nitrogen and oxygen atoms in total. The van der Waals surface area contributed by atoms with Crippen LogP contribution in [0.25, 0.3) is 0 Å². The van der Waals surface area contributed by atoms with E-state index in [0.717, 1.165) is 6.07 Å². The zero-order valence-corrected chi connectivity index (χ0v) is 9.23. The summed E-state index contributed by atoms with van der Waals surface area (Å²) in [5.74, 6) is 0. The lowest BCUT2D eigenvalue weighted by Gasteiger charge is -1.97. The number of halogens is 2. The van der Waals surface area contributed by atoms with E-state index in [0.29, 0.717) is 6.29 Å². The lowest BCUT2D eigenvalue weighted by atomic mass is 10.3. The van der Waals surface area contributed by atoms with Crippen molar-refractivity contribution in [2.75, 3.05) is 0 Å². The highest BCUT2D eigenvalue weighted by atomic mass is 79.9. The fraction of sp³-hybridized carbons (Fsp3) is 0. The van der Waals surface area contributed by atoms with Crippen LogP contribution in [0.4, 0.5) is 0 Å². The third kappa shape index (κ3) is 2.75. The van der Waals surface area contributed by atoms with Crippen LogP contribution in [0, 0.1) is 0 Å². The SMILES string of the molecule is O=Cc1cc(Br)nc(S(=O)(=O)Cl)c1. The van der Waals surface area contributed by atoms with Gasteiger partial charge in [-0.25, -0.2) is 13.4 Å². The Morgan fingerprint density at radius 1 is 1.46 bits per heavy atom. The van der Waals surface area contributed by atoms with E-state index < -0.39 is 9.05 Å². The van der Waals surface area contributed by atoms with Gasteiger partial charge >= 0.3 is 0 Å². The number of nitrogens with zero attached hydrogens (tertiary/aromatic N) is 1. The molecule has 7 heteroatoms. The molecule has 0 spiro atoms. The molecule has 0 aliphatic carbocycles. The third-order valence-electron chi connectivity index (χ3n) is 1.18. The molecule has 1 rings (SSSR count). The monoisotopic (exact) mass is 283 g/mol. The van der Waals surface area contributed by atoms with Crippen LogP contribution in [-0.4, -0.2) is 19.7 Å². The van der Waals surface area contributed by atoms with Crippen LogP contribution in [0.3, 0.4) is 0 Å². The van der Waals surface area contributed by atoms with Crippen molar-refractivity contribution in [3.05, 3.63) is 22.3 Å². The van der Waals surface area contributed by atoms with Gasteiger partial charge in [0, 0.05) is 16.2 Å². The topological polar surface area (TPSA) is 64.1 Å². The van der Waals surface area contributed by atoms with E-state index >= 15 is 0 Å². The highest BCUT2D eigenvalue weighted by Crippen LogP contribution is 2.17. The number of aromatic nitrogens is 1. The molecule has 0 N–H and O–H groups in total. The average Bonchev–Trinajstić information content (AvgIpc) is 2.01. The van der Waals surface area contributed by atoms with Crippen molar-refractivity contribution >= 4 is 41.9 Å². The first-order valence-corrected chi connectivity index (χ1v) is 6.11. The Hall–Kier alpha value is -0.460. The molecule has 0 fully saturated rings. The molecule has 0 bridgehead atoms. The molecule has 1 heterocycles. The first-order chi connectivity index (χ1) is 5.93. The van der Waals surface area contributed by atoms with Gasteiger partial charge in [-0.1, -0.05) is 0 Å². The summed E-state index contributed by atoms with van der Waals surface area (Å²) in [7, 11) is 1.15. The molecule has 0 saturated carbocycles. The van der Waals surface area contributed by atoms with Crippen LogP contribution in [0.15, 0.2) is 21.8 Å². The third-order valence-corrected chi connectivity index (χ3v) is 2.77. The number of carbonyl (C=O) groups is 1. The molecule has 0 aliphatic heterocycles. The Kier molecular flexibility index (Phi) is 3.05. The van der Waals surface area contributed by atoms with Crippen LogP contribution in [-0.2, 0) is 9.05 Å². The van der Waals surface area contributed by atoms with Crippen LogP contribution in [0.2, 0.25) is 0 Å². The van der Waals surface area contributed by atoms with Crippen LogP contribution in [0.1, 0.15) is 10.4 Å². The van der Waals surface area contributed by atoms with Gasteiger partial charge < -0.3 is 0 Å². The van der Waals surface area contributed by atoms with Gasteiger partial charge in [0.05, 0.1) is 0 Å². The van der Waals surface area contributed by atoms with E-state index in [1.54, 1.807) is 0 Å². The Balaban J connectivity index is 3.41. The minimum atomic E-state index is -3.89. The molecule has 0 atom stereocenters. The molecule has 0 saturated heterocycles. The highest BCUT2D eigenvalue weighted by molar-refractivity contribution is 9.10. The van der Waals surface area contributed by atoms with Gasteiger partial charge in [0.25, 0.3) is 9.05 Å². The molecule has 13 heavy (non-hydrogen) atoms. The summed E-state index contributed by atoms with van der Waals surface area (Å²) in [6.07, 6.45) is 0.512. The van der Waals surface area contributed by atoms with E-state index in [1.165, 1.54) is 6.07 Å². The van der Waals surface area contributed by atoms with Crippen LogP contribution >= 0.6 is 26.6 Å². The first kappa shape index (κ1) is 10.6. The van der Waals surface area contributed by atoms with Gasteiger partial charge in [0.2, 0.25) is 0 Å². The van der Waals surface area contributed by atoms with E-state index in [2.05, 4.69) is 20.9 Å². The smallest absolute Gasteiger partial charge is 0.278 e. The molecule has 0 amide bonds. The van der Waals surface area contributed by atoms with E-state index in [1.807, 2.05) is 0 Å². The number of hydrogen-bond acceptors (Lipinski definition) is 4. The Labute approximate surface area is 87.5 Å². The fourth-order valence-electron chi connectivity index (χ4n) is 0.685. The molecule has 0 aliphatic rings. The Morgan fingerprint density at radius 3 is 2.54 bits per heavy atom. The van der Waals surface area contributed by atoms with Gasteiger partial charge in [-0.3, -0.25) is 4.79 Å². The van der Waals surface area contributed by atoms with E-state index in [4.69, 9.17) is 10.7 Å². The summed E-state index contributed by atoms with van der Waals surface area (Å²) < 4.78 is 21.9. The largest absolute Gasteiger partial charge is 0.298 e. The van der Waals surface area contributed by atoms with Gasteiger partial charge in [-0.2, -0.15) is 0 Å². The zero-order valence-electron chi connectivity index (χ0n) is 6.07. The lowest BCUT2D eigenvalue weighted by molar-refractivity contribution is 0.112. The molecule has 0 radical (unpaired) electrons. The maximum atomic E-state index is 10.8. The summed E-state index contributed by atoms with van der Waals surface area (Å²) >= 11 is 2.95. The van der Waals surface area contributed by atoms with Crippen molar-refractivity contribution in [2.45, 2.75) is 5.03 Å². The normalized spacial score (nSPS) is 11.2. The van der Waals surface area contributed by atoms with Crippen molar-refractivity contribution < 1.29 is 13.2 Å². The highest BCUT2D eigenvalue weighted by Gasteiger charge is 2.13. The molecular formula is C6H3BrClNO3S. The number of hydrogen-bond donors (Lipinski definition) is 0. The summed E-state index contributed by atoms with van der Waals surface area (Å²) in [4.78, 5) is 13.9. The van der Waals surface area contributed by atoms with Gasteiger partial charge in [-0.15, -0.1) is 0 Å². The molecule has 0 aromatic carbocycles. The van der Waals surface area contributed by atoms with Crippen molar-refractivity contribution in [1.82, 2.24) is 4.98 Å². The standard InChI is InChI=1S/C6H3BrClNO3S/c7-5-1-4(3-10)2-6(9-5)13(8,11)12/h1-3H. The lowest BCUT2D eigenvalue weighted by Crippen LogP contribution is -1.97. The minimum absolute atomic E-state index is 0.195. The average molecular weight is 285 g/mol. The second kappa shape index (κ2) is 3.73. The predicted molar refractivity (Wildman–Crippen MR) is 50.4 cm³/mol. The predicted octanol–water partition coefficient (Wildman–Crippen LogP) is 1.58. The number of rotatable bonds is 2. The summed E-state index contributed by atoms with van der Waals surface area (Å²) in [6.45, 7) is 0.